The van der Waals surface area contributed by atoms with Crippen LogP contribution >= 0.6 is 11.3 Å². The first-order valence-electron chi connectivity index (χ1n) is 12.0. The molecule has 1 N–H and O–H groups in total. The first kappa shape index (κ1) is 23.7. The largest absolute Gasteiger partial charge is 0.491 e. The minimum atomic E-state index is -0.591. The lowest BCUT2D eigenvalue weighted by Gasteiger charge is -2.37. The first-order valence-corrected chi connectivity index (χ1v) is 12.8. The third kappa shape index (κ3) is 5.17. The van der Waals surface area contributed by atoms with Gasteiger partial charge in [0, 0.05) is 57.3 Å². The molecule has 0 aliphatic carbocycles. The summed E-state index contributed by atoms with van der Waals surface area (Å²) in [4.78, 5) is 34.6. The highest BCUT2D eigenvalue weighted by molar-refractivity contribution is 7.18. The fraction of sp³-hybridized carbons (Fsp3) is 0.423. The molecule has 3 aromatic rings. The zero-order chi connectivity index (χ0) is 24.5. The van der Waals surface area contributed by atoms with Crippen molar-refractivity contribution in [1.82, 2.24) is 9.88 Å². The Morgan fingerprint density at radius 2 is 1.77 bits per heavy atom. The van der Waals surface area contributed by atoms with Crippen LogP contribution < -0.4 is 14.5 Å². The SMILES string of the molecule is Cc1nc2cc(OC[C@H](O)CN3CCN(c4cc(N5C(=O)CCC5=O)ccc4C)CC3)ccc2s1. The average molecular weight is 495 g/mol. The van der Waals surface area contributed by atoms with Crippen molar-refractivity contribution in [3.8, 4) is 5.75 Å². The number of amides is 2. The number of ether oxygens (including phenoxy) is 1. The maximum absolute atomic E-state index is 12.2. The Bertz CT molecular complexity index is 1240. The van der Waals surface area contributed by atoms with Gasteiger partial charge in [-0.15, -0.1) is 11.3 Å². The fourth-order valence-electron chi connectivity index (χ4n) is 4.77. The van der Waals surface area contributed by atoms with E-state index in [4.69, 9.17) is 4.74 Å². The van der Waals surface area contributed by atoms with Crippen molar-refractivity contribution in [3.63, 3.8) is 0 Å². The summed E-state index contributed by atoms with van der Waals surface area (Å²) in [6.45, 7) is 8.04. The van der Waals surface area contributed by atoms with E-state index in [1.165, 1.54) is 4.90 Å². The molecule has 0 saturated carbocycles. The minimum absolute atomic E-state index is 0.132. The molecule has 2 fully saturated rings. The Hall–Kier alpha value is -3.01. The Balaban J connectivity index is 1.14. The number of β-amino-alcohol motifs (C(OH)–C–C–N with tert-alkyl or cyclic N) is 1. The molecule has 1 aromatic heterocycles. The maximum atomic E-state index is 12.2. The molecule has 2 amide bonds. The molecule has 2 saturated heterocycles. The monoisotopic (exact) mass is 494 g/mol. The Morgan fingerprint density at radius 3 is 2.51 bits per heavy atom. The molecule has 1 atom stereocenters. The molecule has 35 heavy (non-hydrogen) atoms. The third-order valence-corrected chi connectivity index (χ3v) is 7.54. The van der Waals surface area contributed by atoms with Crippen LogP contribution in [0.2, 0.25) is 0 Å². The number of hydrogen-bond acceptors (Lipinski definition) is 8. The van der Waals surface area contributed by atoms with Crippen molar-refractivity contribution in [2.24, 2.45) is 0 Å². The summed E-state index contributed by atoms with van der Waals surface area (Å²) in [7, 11) is 0. The second-order valence-corrected chi connectivity index (χ2v) is 10.4. The summed E-state index contributed by atoms with van der Waals surface area (Å²) in [5.74, 6) is 0.455. The molecule has 0 radical (unpaired) electrons. The molecule has 0 unspecified atom stereocenters. The van der Waals surface area contributed by atoms with Crippen molar-refractivity contribution in [3.05, 3.63) is 47.0 Å². The van der Waals surface area contributed by atoms with E-state index in [0.717, 1.165) is 58.4 Å². The third-order valence-electron chi connectivity index (χ3n) is 6.59. The second kappa shape index (κ2) is 9.93. The number of rotatable bonds is 7. The summed E-state index contributed by atoms with van der Waals surface area (Å²) < 4.78 is 6.96. The van der Waals surface area contributed by atoms with E-state index in [1.54, 1.807) is 11.3 Å². The molecule has 0 bridgehead atoms. The van der Waals surface area contributed by atoms with Gasteiger partial charge in [0.2, 0.25) is 11.8 Å². The van der Waals surface area contributed by atoms with Crippen LogP contribution in [0, 0.1) is 13.8 Å². The molecular weight excluding hydrogens is 464 g/mol. The van der Waals surface area contributed by atoms with Crippen LogP contribution in [0.1, 0.15) is 23.4 Å². The molecule has 3 heterocycles. The quantitative estimate of drug-likeness (QED) is 0.505. The number of piperazine rings is 1. The van der Waals surface area contributed by atoms with Crippen LogP contribution in [0.15, 0.2) is 36.4 Å². The fourth-order valence-corrected chi connectivity index (χ4v) is 5.58. The van der Waals surface area contributed by atoms with Gasteiger partial charge >= 0.3 is 0 Å². The maximum Gasteiger partial charge on any atom is 0.234 e. The van der Waals surface area contributed by atoms with Gasteiger partial charge in [-0.2, -0.15) is 0 Å². The van der Waals surface area contributed by atoms with E-state index in [0.29, 0.717) is 12.2 Å². The summed E-state index contributed by atoms with van der Waals surface area (Å²) in [5, 5.41) is 11.6. The van der Waals surface area contributed by atoms with Crippen LogP contribution in [0.3, 0.4) is 0 Å². The smallest absolute Gasteiger partial charge is 0.234 e. The lowest BCUT2D eigenvalue weighted by molar-refractivity contribution is -0.121. The van der Waals surface area contributed by atoms with E-state index in [1.807, 2.05) is 50.2 Å². The van der Waals surface area contributed by atoms with Crippen molar-refractivity contribution in [2.45, 2.75) is 32.8 Å². The number of carbonyl (C=O) groups excluding carboxylic acids is 2. The second-order valence-electron chi connectivity index (χ2n) is 9.21. The van der Waals surface area contributed by atoms with E-state index < -0.39 is 6.10 Å². The summed E-state index contributed by atoms with van der Waals surface area (Å²) in [6, 6.07) is 11.6. The molecule has 8 nitrogen and oxygen atoms in total. The number of nitrogens with zero attached hydrogens (tertiary/aromatic N) is 4. The molecular formula is C26H30N4O4S. The highest BCUT2D eigenvalue weighted by atomic mass is 32.1. The predicted molar refractivity (Wildman–Crippen MR) is 137 cm³/mol. The number of benzene rings is 2. The average Bonchev–Trinajstić information content (AvgIpc) is 3.38. The molecule has 5 rings (SSSR count). The van der Waals surface area contributed by atoms with Gasteiger partial charge in [0.1, 0.15) is 18.5 Å². The van der Waals surface area contributed by atoms with Crippen LogP contribution in [-0.4, -0.2) is 72.2 Å². The molecule has 9 heteroatoms. The van der Waals surface area contributed by atoms with E-state index >= 15 is 0 Å². The van der Waals surface area contributed by atoms with Crippen LogP contribution in [0.4, 0.5) is 11.4 Å². The van der Waals surface area contributed by atoms with Crippen molar-refractivity contribution in [2.75, 3.05) is 49.1 Å². The Kier molecular flexibility index (Phi) is 6.73. The first-order chi connectivity index (χ1) is 16.9. The van der Waals surface area contributed by atoms with Gasteiger partial charge < -0.3 is 14.7 Å². The van der Waals surface area contributed by atoms with E-state index in [9.17, 15) is 14.7 Å². The highest BCUT2D eigenvalue weighted by Crippen LogP contribution is 2.30. The standard InChI is InChI=1S/C26H30N4O4S/c1-17-3-4-19(30-25(32)7-8-26(30)33)13-23(17)29-11-9-28(10-12-29)15-20(31)16-34-21-5-6-24-22(14-21)27-18(2)35-24/h3-6,13-14,20,31H,7-12,15-16H2,1-2H3/t20-/m1/s1. The highest BCUT2D eigenvalue weighted by Gasteiger charge is 2.31. The number of carbonyl (C=O) groups is 2. The lowest BCUT2D eigenvalue weighted by Crippen LogP contribution is -2.49. The van der Waals surface area contributed by atoms with Crippen molar-refractivity contribution >= 4 is 44.7 Å². The molecule has 184 valence electrons. The van der Waals surface area contributed by atoms with E-state index in [-0.39, 0.29) is 31.3 Å². The van der Waals surface area contributed by atoms with Gasteiger partial charge in [-0.3, -0.25) is 19.4 Å². The minimum Gasteiger partial charge on any atom is -0.491 e. The van der Waals surface area contributed by atoms with E-state index in [2.05, 4.69) is 14.8 Å². The van der Waals surface area contributed by atoms with Crippen LogP contribution in [-0.2, 0) is 9.59 Å². The molecule has 2 aliphatic rings. The number of aliphatic hydroxyl groups excluding tert-OH is 1. The van der Waals surface area contributed by atoms with Gasteiger partial charge in [0.25, 0.3) is 0 Å². The van der Waals surface area contributed by atoms with Crippen molar-refractivity contribution < 1.29 is 19.4 Å². The van der Waals surface area contributed by atoms with Gasteiger partial charge in [-0.05, 0) is 43.7 Å². The number of fused-ring (bicyclic) bond motifs is 1. The number of thiazole rings is 1. The van der Waals surface area contributed by atoms with Gasteiger partial charge in [-0.1, -0.05) is 6.07 Å². The summed E-state index contributed by atoms with van der Waals surface area (Å²) in [5.41, 5.74) is 3.74. The number of imide groups is 1. The summed E-state index contributed by atoms with van der Waals surface area (Å²) in [6.07, 6.45) is -0.0238. The van der Waals surface area contributed by atoms with Crippen LogP contribution in [0.25, 0.3) is 10.2 Å². The number of anilines is 2. The molecule has 2 aromatic carbocycles. The zero-order valence-electron chi connectivity index (χ0n) is 20.1. The number of aliphatic hydroxyl groups is 1. The molecule has 2 aliphatic heterocycles. The predicted octanol–water partition coefficient (Wildman–Crippen LogP) is 3.13. The topological polar surface area (TPSA) is 86.2 Å². The van der Waals surface area contributed by atoms with Crippen molar-refractivity contribution in [1.29, 1.82) is 0 Å². The Morgan fingerprint density at radius 1 is 1.03 bits per heavy atom. The summed E-state index contributed by atoms with van der Waals surface area (Å²) >= 11 is 1.66. The lowest BCUT2D eigenvalue weighted by atomic mass is 10.1. The van der Waals surface area contributed by atoms with Gasteiger partial charge in [-0.25, -0.2) is 4.98 Å². The van der Waals surface area contributed by atoms with Gasteiger partial charge in [0.05, 0.1) is 20.9 Å². The number of aryl methyl sites for hydroxylation is 2. The number of aromatic nitrogens is 1. The normalized spacial score (nSPS) is 18.0. The number of hydrogen-bond donors (Lipinski definition) is 1. The molecule has 0 spiro atoms. The van der Waals surface area contributed by atoms with Gasteiger partial charge in [0.15, 0.2) is 0 Å². The van der Waals surface area contributed by atoms with Crippen LogP contribution in [0.5, 0.6) is 5.75 Å². The zero-order valence-corrected chi connectivity index (χ0v) is 20.9. The Labute approximate surface area is 208 Å².